The molecule has 1 saturated carbocycles. The standard InChI is InChI=1S/C13H18N4O2/c18-11-4-3-10(16-11)13(19)15-6-8-17-7-5-14-12(17)9-1-2-9/h5,7,9-10H,1-4,6,8H2,(H,15,19)(H,16,18). The number of carbonyl (C=O) groups excluding carboxylic acids is 2. The maximum atomic E-state index is 11.8. The molecular formula is C13H18N4O2. The van der Waals surface area contributed by atoms with Gasteiger partial charge in [-0.1, -0.05) is 0 Å². The van der Waals surface area contributed by atoms with Crippen LogP contribution in [0.25, 0.3) is 0 Å². The van der Waals surface area contributed by atoms with E-state index in [1.807, 2.05) is 12.4 Å². The number of hydrogen-bond acceptors (Lipinski definition) is 3. The van der Waals surface area contributed by atoms with Crippen LogP contribution in [0.4, 0.5) is 0 Å². The van der Waals surface area contributed by atoms with Crippen LogP contribution in [0.15, 0.2) is 12.4 Å². The first-order valence-electron chi connectivity index (χ1n) is 6.82. The predicted molar refractivity (Wildman–Crippen MR) is 68.4 cm³/mol. The molecule has 0 spiro atoms. The number of carbonyl (C=O) groups is 2. The summed E-state index contributed by atoms with van der Waals surface area (Å²) in [6.45, 7) is 1.31. The lowest BCUT2D eigenvalue weighted by Gasteiger charge is -2.12. The van der Waals surface area contributed by atoms with E-state index in [-0.39, 0.29) is 17.9 Å². The first-order valence-corrected chi connectivity index (χ1v) is 6.82. The fraction of sp³-hybridized carbons (Fsp3) is 0.615. The second-order valence-electron chi connectivity index (χ2n) is 5.20. The molecule has 6 heteroatoms. The molecule has 6 nitrogen and oxygen atoms in total. The topological polar surface area (TPSA) is 76.0 Å². The van der Waals surface area contributed by atoms with E-state index >= 15 is 0 Å². The lowest BCUT2D eigenvalue weighted by atomic mass is 10.2. The van der Waals surface area contributed by atoms with E-state index in [1.165, 1.54) is 12.8 Å². The molecule has 1 aliphatic heterocycles. The van der Waals surface area contributed by atoms with Gasteiger partial charge in [-0.05, 0) is 19.3 Å². The zero-order valence-corrected chi connectivity index (χ0v) is 10.8. The highest BCUT2D eigenvalue weighted by Gasteiger charge is 2.28. The van der Waals surface area contributed by atoms with Crippen LogP contribution < -0.4 is 10.6 Å². The van der Waals surface area contributed by atoms with Crippen molar-refractivity contribution in [1.82, 2.24) is 20.2 Å². The summed E-state index contributed by atoms with van der Waals surface area (Å²) < 4.78 is 2.10. The van der Waals surface area contributed by atoms with Gasteiger partial charge in [-0.25, -0.2) is 4.98 Å². The Bertz CT molecular complexity index is 493. The van der Waals surface area contributed by atoms with E-state index in [0.29, 0.717) is 25.3 Å². The molecule has 2 fully saturated rings. The minimum Gasteiger partial charge on any atom is -0.353 e. The number of nitrogens with zero attached hydrogens (tertiary/aromatic N) is 2. The van der Waals surface area contributed by atoms with Crippen LogP contribution in [0.3, 0.4) is 0 Å². The SMILES string of the molecule is O=C1CCC(C(=O)NCCn2ccnc2C2CC2)N1. The third-order valence-corrected chi connectivity index (χ3v) is 3.65. The molecule has 0 aromatic carbocycles. The van der Waals surface area contributed by atoms with E-state index < -0.39 is 0 Å². The van der Waals surface area contributed by atoms with Crippen molar-refractivity contribution in [2.75, 3.05) is 6.54 Å². The first kappa shape index (κ1) is 12.2. The monoisotopic (exact) mass is 262 g/mol. The average Bonchev–Trinajstić information content (AvgIpc) is 2.97. The van der Waals surface area contributed by atoms with Crippen molar-refractivity contribution < 1.29 is 9.59 Å². The van der Waals surface area contributed by atoms with Gasteiger partial charge in [-0.15, -0.1) is 0 Å². The maximum Gasteiger partial charge on any atom is 0.242 e. The van der Waals surface area contributed by atoms with Crippen molar-refractivity contribution in [1.29, 1.82) is 0 Å². The minimum absolute atomic E-state index is 0.0363. The normalized spacial score (nSPS) is 22.3. The van der Waals surface area contributed by atoms with Gasteiger partial charge in [-0.2, -0.15) is 0 Å². The number of nitrogens with one attached hydrogen (secondary N) is 2. The van der Waals surface area contributed by atoms with Crippen molar-refractivity contribution >= 4 is 11.8 Å². The molecule has 3 rings (SSSR count). The highest BCUT2D eigenvalue weighted by atomic mass is 16.2. The average molecular weight is 262 g/mol. The number of rotatable bonds is 5. The molecular weight excluding hydrogens is 244 g/mol. The summed E-state index contributed by atoms with van der Waals surface area (Å²) in [6.07, 6.45) is 7.26. The Balaban J connectivity index is 1.46. The van der Waals surface area contributed by atoms with Crippen molar-refractivity contribution in [3.05, 3.63) is 18.2 Å². The zero-order chi connectivity index (χ0) is 13.2. The van der Waals surface area contributed by atoms with Gasteiger partial charge < -0.3 is 15.2 Å². The summed E-state index contributed by atoms with van der Waals surface area (Å²) in [5.41, 5.74) is 0. The van der Waals surface area contributed by atoms with Gasteiger partial charge in [0.2, 0.25) is 11.8 Å². The van der Waals surface area contributed by atoms with Crippen LogP contribution in [0, 0.1) is 0 Å². The molecule has 19 heavy (non-hydrogen) atoms. The molecule has 2 N–H and O–H groups in total. The van der Waals surface area contributed by atoms with E-state index in [0.717, 1.165) is 12.4 Å². The number of hydrogen-bond donors (Lipinski definition) is 2. The predicted octanol–water partition coefficient (Wildman–Crippen LogP) is 0.155. The summed E-state index contributed by atoms with van der Waals surface area (Å²) >= 11 is 0. The zero-order valence-electron chi connectivity index (χ0n) is 10.8. The minimum atomic E-state index is -0.349. The summed E-state index contributed by atoms with van der Waals surface area (Å²) in [7, 11) is 0. The third-order valence-electron chi connectivity index (χ3n) is 3.65. The summed E-state index contributed by atoms with van der Waals surface area (Å²) in [5.74, 6) is 1.62. The number of aromatic nitrogens is 2. The fourth-order valence-corrected chi connectivity index (χ4v) is 2.44. The van der Waals surface area contributed by atoms with E-state index in [2.05, 4.69) is 20.2 Å². The number of amides is 2. The van der Waals surface area contributed by atoms with Crippen molar-refractivity contribution in [3.63, 3.8) is 0 Å². The molecule has 2 amide bonds. The van der Waals surface area contributed by atoms with Crippen LogP contribution >= 0.6 is 0 Å². The van der Waals surface area contributed by atoms with Crippen molar-refractivity contribution in [2.24, 2.45) is 0 Å². The summed E-state index contributed by atoms with van der Waals surface area (Å²) in [5, 5.41) is 5.53. The number of imidazole rings is 1. The van der Waals surface area contributed by atoms with Gasteiger partial charge in [0.15, 0.2) is 0 Å². The Morgan fingerprint density at radius 3 is 3.00 bits per heavy atom. The van der Waals surface area contributed by atoms with Gasteiger partial charge in [-0.3, -0.25) is 9.59 Å². The van der Waals surface area contributed by atoms with Crippen LogP contribution in [0.5, 0.6) is 0 Å². The van der Waals surface area contributed by atoms with Gasteiger partial charge >= 0.3 is 0 Å². The highest BCUT2D eigenvalue weighted by molar-refractivity contribution is 5.90. The second kappa shape index (κ2) is 5.03. The maximum absolute atomic E-state index is 11.8. The molecule has 1 aromatic rings. The molecule has 2 aliphatic rings. The molecule has 1 atom stereocenters. The molecule has 2 heterocycles. The molecule has 0 bridgehead atoms. The summed E-state index contributed by atoms with van der Waals surface area (Å²) in [4.78, 5) is 27.2. The first-order chi connectivity index (χ1) is 9.24. The Morgan fingerprint density at radius 1 is 1.47 bits per heavy atom. The molecule has 0 radical (unpaired) electrons. The van der Waals surface area contributed by atoms with E-state index in [1.54, 1.807) is 0 Å². The molecule has 1 aliphatic carbocycles. The van der Waals surface area contributed by atoms with Crippen LogP contribution in [0.2, 0.25) is 0 Å². The molecule has 1 unspecified atom stereocenters. The van der Waals surface area contributed by atoms with Crippen LogP contribution in [-0.2, 0) is 16.1 Å². The molecule has 102 valence electrons. The lowest BCUT2D eigenvalue weighted by molar-refractivity contribution is -0.125. The van der Waals surface area contributed by atoms with E-state index in [4.69, 9.17) is 0 Å². The molecule has 1 saturated heterocycles. The highest BCUT2D eigenvalue weighted by Crippen LogP contribution is 2.38. The Kier molecular flexibility index (Phi) is 3.23. The Morgan fingerprint density at radius 2 is 2.32 bits per heavy atom. The van der Waals surface area contributed by atoms with E-state index in [9.17, 15) is 9.59 Å². The quantitative estimate of drug-likeness (QED) is 0.793. The fourth-order valence-electron chi connectivity index (χ4n) is 2.44. The van der Waals surface area contributed by atoms with Gasteiger partial charge in [0.1, 0.15) is 11.9 Å². The van der Waals surface area contributed by atoms with Gasteiger partial charge in [0.05, 0.1) is 0 Å². The second-order valence-corrected chi connectivity index (χ2v) is 5.20. The molecule has 1 aromatic heterocycles. The van der Waals surface area contributed by atoms with Gasteiger partial charge in [0.25, 0.3) is 0 Å². The Labute approximate surface area is 111 Å². The lowest BCUT2D eigenvalue weighted by Crippen LogP contribution is -2.42. The van der Waals surface area contributed by atoms with Crippen LogP contribution in [-0.4, -0.2) is 34.0 Å². The van der Waals surface area contributed by atoms with Crippen LogP contribution in [0.1, 0.15) is 37.4 Å². The third kappa shape index (κ3) is 2.77. The smallest absolute Gasteiger partial charge is 0.242 e. The summed E-state index contributed by atoms with van der Waals surface area (Å²) in [6, 6.07) is -0.349. The largest absolute Gasteiger partial charge is 0.353 e. The van der Waals surface area contributed by atoms with Crippen molar-refractivity contribution in [2.45, 2.75) is 44.2 Å². The Hall–Kier alpha value is -1.85. The van der Waals surface area contributed by atoms with Gasteiger partial charge in [0, 0.05) is 37.8 Å². The van der Waals surface area contributed by atoms with Crippen molar-refractivity contribution in [3.8, 4) is 0 Å².